The third-order valence-electron chi connectivity index (χ3n) is 4.49. The number of rotatable bonds is 3. The molecule has 1 atom stereocenters. The minimum absolute atomic E-state index is 0.0851. The fourth-order valence-corrected chi connectivity index (χ4v) is 3.18. The van der Waals surface area contributed by atoms with Crippen molar-refractivity contribution in [2.24, 2.45) is 0 Å². The standard InChI is InChI=1S/C19H15F2N3O2/c1-11-8-13(20)6-7-16(11)24-10-12(9-17(24)25)18-22-19(26-23-18)14-4-2-3-5-15(14)21/h2-8,12H,9-10H2,1H3. The first-order chi connectivity index (χ1) is 12.5. The molecule has 0 bridgehead atoms. The van der Waals surface area contributed by atoms with Gasteiger partial charge in [0.05, 0.1) is 5.56 Å². The van der Waals surface area contributed by atoms with Crippen LogP contribution in [0.3, 0.4) is 0 Å². The van der Waals surface area contributed by atoms with Gasteiger partial charge >= 0.3 is 0 Å². The molecule has 1 saturated heterocycles. The largest absolute Gasteiger partial charge is 0.334 e. The normalized spacial score (nSPS) is 17.1. The van der Waals surface area contributed by atoms with Crippen LogP contribution in [0.15, 0.2) is 47.0 Å². The molecule has 2 heterocycles. The number of hydrogen-bond acceptors (Lipinski definition) is 4. The van der Waals surface area contributed by atoms with Gasteiger partial charge in [-0.1, -0.05) is 17.3 Å². The lowest BCUT2D eigenvalue weighted by Gasteiger charge is -2.18. The van der Waals surface area contributed by atoms with Crippen LogP contribution in [0.5, 0.6) is 0 Å². The third-order valence-corrected chi connectivity index (χ3v) is 4.49. The molecule has 26 heavy (non-hydrogen) atoms. The van der Waals surface area contributed by atoms with Crippen LogP contribution in [0.2, 0.25) is 0 Å². The molecule has 1 aliphatic heterocycles. The van der Waals surface area contributed by atoms with E-state index in [1.54, 1.807) is 36.1 Å². The van der Waals surface area contributed by atoms with Crippen LogP contribution in [0.1, 0.15) is 23.7 Å². The van der Waals surface area contributed by atoms with E-state index in [0.717, 1.165) is 0 Å². The predicted molar refractivity (Wildman–Crippen MR) is 90.5 cm³/mol. The molecule has 0 aliphatic carbocycles. The summed E-state index contributed by atoms with van der Waals surface area (Å²) in [5, 5.41) is 3.92. The Hall–Kier alpha value is -3.09. The monoisotopic (exact) mass is 355 g/mol. The quantitative estimate of drug-likeness (QED) is 0.716. The van der Waals surface area contributed by atoms with Crippen LogP contribution in [0.25, 0.3) is 11.5 Å². The number of hydrogen-bond donors (Lipinski definition) is 0. The Kier molecular flexibility index (Phi) is 3.99. The number of amides is 1. The number of anilines is 1. The number of aryl methyl sites for hydroxylation is 1. The Balaban J connectivity index is 1.59. The van der Waals surface area contributed by atoms with Crippen LogP contribution in [0.4, 0.5) is 14.5 Å². The van der Waals surface area contributed by atoms with Crippen LogP contribution in [-0.2, 0) is 4.79 Å². The van der Waals surface area contributed by atoms with Gasteiger partial charge in [0.1, 0.15) is 11.6 Å². The van der Waals surface area contributed by atoms with Crippen molar-refractivity contribution in [3.8, 4) is 11.5 Å². The molecule has 1 fully saturated rings. The maximum absolute atomic E-state index is 13.9. The van der Waals surface area contributed by atoms with E-state index < -0.39 is 5.82 Å². The van der Waals surface area contributed by atoms with Crippen LogP contribution >= 0.6 is 0 Å². The summed E-state index contributed by atoms with van der Waals surface area (Å²) in [6.45, 7) is 2.12. The van der Waals surface area contributed by atoms with E-state index in [2.05, 4.69) is 10.1 Å². The first-order valence-corrected chi connectivity index (χ1v) is 8.18. The van der Waals surface area contributed by atoms with Gasteiger partial charge in [0, 0.05) is 24.6 Å². The van der Waals surface area contributed by atoms with E-state index in [1.165, 1.54) is 18.2 Å². The summed E-state index contributed by atoms with van der Waals surface area (Å²) in [5.41, 5.74) is 1.57. The molecule has 132 valence electrons. The number of benzene rings is 2. The van der Waals surface area contributed by atoms with Crippen LogP contribution in [-0.4, -0.2) is 22.6 Å². The SMILES string of the molecule is Cc1cc(F)ccc1N1CC(c2noc(-c3ccccc3F)n2)CC1=O. The van der Waals surface area contributed by atoms with Crippen LogP contribution < -0.4 is 4.90 Å². The minimum Gasteiger partial charge on any atom is -0.334 e. The summed E-state index contributed by atoms with van der Waals surface area (Å²) in [4.78, 5) is 18.3. The van der Waals surface area contributed by atoms with Crippen molar-refractivity contribution in [3.63, 3.8) is 0 Å². The molecular formula is C19H15F2N3O2. The Labute approximate surface area is 148 Å². The van der Waals surface area contributed by atoms with Crippen molar-refractivity contribution >= 4 is 11.6 Å². The summed E-state index contributed by atoms with van der Waals surface area (Å²) >= 11 is 0. The zero-order chi connectivity index (χ0) is 18.3. The third kappa shape index (κ3) is 2.85. The molecule has 0 N–H and O–H groups in total. The van der Waals surface area contributed by atoms with E-state index in [-0.39, 0.29) is 35.5 Å². The Morgan fingerprint density at radius 2 is 2.00 bits per heavy atom. The van der Waals surface area contributed by atoms with Gasteiger partial charge in [-0.05, 0) is 42.8 Å². The molecule has 4 rings (SSSR count). The topological polar surface area (TPSA) is 59.2 Å². The zero-order valence-corrected chi connectivity index (χ0v) is 13.9. The molecule has 0 saturated carbocycles. The molecule has 3 aromatic rings. The lowest BCUT2D eigenvalue weighted by Crippen LogP contribution is -2.25. The molecule has 1 aliphatic rings. The second-order valence-electron chi connectivity index (χ2n) is 6.27. The summed E-state index contributed by atoms with van der Waals surface area (Å²) in [6, 6.07) is 10.4. The summed E-state index contributed by atoms with van der Waals surface area (Å²) in [6.07, 6.45) is 0.215. The Morgan fingerprint density at radius 1 is 1.19 bits per heavy atom. The number of nitrogens with zero attached hydrogens (tertiary/aromatic N) is 3. The van der Waals surface area contributed by atoms with Crippen molar-refractivity contribution < 1.29 is 18.1 Å². The van der Waals surface area contributed by atoms with E-state index in [9.17, 15) is 13.6 Å². The smallest absolute Gasteiger partial charge is 0.260 e. The lowest BCUT2D eigenvalue weighted by atomic mass is 10.1. The van der Waals surface area contributed by atoms with Crippen molar-refractivity contribution in [2.45, 2.75) is 19.3 Å². The second-order valence-corrected chi connectivity index (χ2v) is 6.27. The highest BCUT2D eigenvalue weighted by Crippen LogP contribution is 2.33. The highest BCUT2D eigenvalue weighted by molar-refractivity contribution is 5.97. The maximum Gasteiger partial charge on any atom is 0.260 e. The van der Waals surface area contributed by atoms with Crippen molar-refractivity contribution in [3.05, 3.63) is 65.5 Å². The minimum atomic E-state index is -0.450. The number of carbonyl (C=O) groups is 1. The average molecular weight is 355 g/mol. The van der Waals surface area contributed by atoms with Crippen molar-refractivity contribution in [2.75, 3.05) is 11.4 Å². The Bertz CT molecular complexity index is 986. The fourth-order valence-electron chi connectivity index (χ4n) is 3.18. The highest BCUT2D eigenvalue weighted by Gasteiger charge is 2.35. The number of halogens is 2. The number of aromatic nitrogens is 2. The molecular weight excluding hydrogens is 340 g/mol. The van der Waals surface area contributed by atoms with Gasteiger partial charge in [0.15, 0.2) is 5.82 Å². The summed E-state index contributed by atoms with van der Waals surface area (Å²) in [5.74, 6) is -0.713. The molecule has 7 heteroatoms. The average Bonchev–Trinajstić information content (AvgIpc) is 3.22. The van der Waals surface area contributed by atoms with Crippen LogP contribution in [0, 0.1) is 18.6 Å². The van der Waals surface area contributed by atoms with Gasteiger partial charge < -0.3 is 9.42 Å². The van der Waals surface area contributed by atoms with E-state index in [1.807, 2.05) is 0 Å². The van der Waals surface area contributed by atoms with Gasteiger partial charge in [-0.15, -0.1) is 0 Å². The zero-order valence-electron chi connectivity index (χ0n) is 13.9. The summed E-state index contributed by atoms with van der Waals surface area (Å²) < 4.78 is 32.3. The predicted octanol–water partition coefficient (Wildman–Crippen LogP) is 3.84. The maximum atomic E-state index is 13.9. The van der Waals surface area contributed by atoms with Gasteiger partial charge in [0.25, 0.3) is 5.89 Å². The number of carbonyl (C=O) groups excluding carboxylic acids is 1. The molecule has 5 nitrogen and oxygen atoms in total. The van der Waals surface area contributed by atoms with E-state index >= 15 is 0 Å². The molecule has 0 spiro atoms. The molecule has 1 amide bonds. The van der Waals surface area contributed by atoms with E-state index in [0.29, 0.717) is 23.6 Å². The van der Waals surface area contributed by atoms with E-state index in [4.69, 9.17) is 4.52 Å². The van der Waals surface area contributed by atoms with Gasteiger partial charge in [-0.2, -0.15) is 4.98 Å². The van der Waals surface area contributed by atoms with Crippen molar-refractivity contribution in [1.29, 1.82) is 0 Å². The first-order valence-electron chi connectivity index (χ1n) is 8.18. The highest BCUT2D eigenvalue weighted by atomic mass is 19.1. The molecule has 1 unspecified atom stereocenters. The van der Waals surface area contributed by atoms with Crippen molar-refractivity contribution in [1.82, 2.24) is 10.1 Å². The fraction of sp³-hybridized carbons (Fsp3) is 0.211. The Morgan fingerprint density at radius 3 is 2.77 bits per heavy atom. The van der Waals surface area contributed by atoms with Gasteiger partial charge in [-0.25, -0.2) is 8.78 Å². The molecule has 1 aromatic heterocycles. The second kappa shape index (κ2) is 6.33. The van der Waals surface area contributed by atoms with Gasteiger partial charge in [0.2, 0.25) is 5.91 Å². The summed E-state index contributed by atoms with van der Waals surface area (Å²) in [7, 11) is 0. The molecule has 0 radical (unpaired) electrons. The van der Waals surface area contributed by atoms with Gasteiger partial charge in [-0.3, -0.25) is 4.79 Å². The first kappa shape index (κ1) is 16.4. The lowest BCUT2D eigenvalue weighted by molar-refractivity contribution is -0.117. The molecule has 2 aromatic carbocycles.